The van der Waals surface area contributed by atoms with Crippen LogP contribution in [0.5, 0.6) is 5.75 Å². The SMILES string of the molecule is CNC(=O)C(C)N(Cc1ccc(C)cc1)C(=O)CN(c1cc(Cl)ccc1OC)S(=O)(=O)c1ccc(C)c([N+](=O)[O-])c1. The number of ether oxygens (including phenoxy) is 1. The molecule has 0 aliphatic heterocycles. The van der Waals surface area contributed by atoms with Gasteiger partial charge in [-0.05, 0) is 50.6 Å². The van der Waals surface area contributed by atoms with Crippen molar-refractivity contribution >= 4 is 44.8 Å². The molecule has 3 aromatic carbocycles. The van der Waals surface area contributed by atoms with E-state index in [1.54, 1.807) is 0 Å². The van der Waals surface area contributed by atoms with Crippen LogP contribution < -0.4 is 14.4 Å². The van der Waals surface area contributed by atoms with Crippen LogP contribution in [0.4, 0.5) is 11.4 Å². The van der Waals surface area contributed by atoms with Gasteiger partial charge in [0, 0.05) is 30.2 Å². The van der Waals surface area contributed by atoms with E-state index in [0.717, 1.165) is 21.5 Å². The van der Waals surface area contributed by atoms with Gasteiger partial charge in [0.1, 0.15) is 18.3 Å². The minimum Gasteiger partial charge on any atom is -0.495 e. The molecule has 0 saturated carbocycles. The molecule has 3 rings (SSSR count). The van der Waals surface area contributed by atoms with E-state index in [4.69, 9.17) is 16.3 Å². The van der Waals surface area contributed by atoms with Crippen LogP contribution in [0.25, 0.3) is 0 Å². The maximum absolute atomic E-state index is 14.1. The molecule has 0 aliphatic rings. The van der Waals surface area contributed by atoms with Crippen molar-refractivity contribution in [1.29, 1.82) is 0 Å². The van der Waals surface area contributed by atoms with E-state index in [-0.39, 0.29) is 28.6 Å². The number of likely N-dealkylation sites (N-methyl/N-ethyl adjacent to an activating group) is 1. The Morgan fingerprint density at radius 3 is 2.32 bits per heavy atom. The van der Waals surface area contributed by atoms with Gasteiger partial charge in [0.05, 0.1) is 22.6 Å². The Kier molecular flexibility index (Phi) is 9.95. The standard InChI is InChI=1S/C28H31ClN4O7S/c1-18-6-9-21(10-7-18)16-31(20(3)28(35)30-4)27(34)17-32(25-14-22(29)11-13-26(25)40-5)41(38,39)23-12-8-19(2)24(15-23)33(36)37/h6-15,20H,16-17H2,1-5H3,(H,30,35). The zero-order valence-electron chi connectivity index (χ0n) is 23.3. The third-order valence-electron chi connectivity index (χ3n) is 6.54. The normalized spacial score (nSPS) is 11.9. The maximum atomic E-state index is 14.1. The topological polar surface area (TPSA) is 139 Å². The van der Waals surface area contributed by atoms with Crippen molar-refractivity contribution < 1.29 is 27.7 Å². The molecular weight excluding hydrogens is 572 g/mol. The Labute approximate surface area is 243 Å². The van der Waals surface area contributed by atoms with E-state index in [9.17, 15) is 28.1 Å². The molecule has 0 spiro atoms. The summed E-state index contributed by atoms with van der Waals surface area (Å²) in [7, 11) is -1.83. The highest BCUT2D eigenvalue weighted by Crippen LogP contribution is 2.36. The molecule has 11 nitrogen and oxygen atoms in total. The van der Waals surface area contributed by atoms with E-state index in [1.165, 1.54) is 63.2 Å². The molecule has 0 bridgehead atoms. The summed E-state index contributed by atoms with van der Waals surface area (Å²) in [4.78, 5) is 38.3. The molecule has 218 valence electrons. The number of nitrogens with zero attached hydrogens (tertiary/aromatic N) is 3. The number of carbonyl (C=O) groups is 2. The van der Waals surface area contributed by atoms with Gasteiger partial charge in [0.15, 0.2) is 0 Å². The highest BCUT2D eigenvalue weighted by molar-refractivity contribution is 7.92. The molecule has 0 aromatic heterocycles. The molecule has 1 atom stereocenters. The number of carbonyl (C=O) groups excluding carboxylic acids is 2. The number of benzene rings is 3. The van der Waals surface area contributed by atoms with E-state index < -0.39 is 49.9 Å². The van der Waals surface area contributed by atoms with E-state index in [0.29, 0.717) is 0 Å². The molecule has 0 aliphatic carbocycles. The number of anilines is 1. The van der Waals surface area contributed by atoms with Crippen LogP contribution in [0.2, 0.25) is 5.02 Å². The minimum atomic E-state index is -4.59. The first-order valence-electron chi connectivity index (χ1n) is 12.5. The summed E-state index contributed by atoms with van der Waals surface area (Å²) < 4.78 is 34.3. The first-order chi connectivity index (χ1) is 19.3. The number of halogens is 1. The Hall–Kier alpha value is -4.16. The van der Waals surface area contributed by atoms with Crippen LogP contribution in [-0.2, 0) is 26.2 Å². The fraction of sp³-hybridized carbons (Fsp3) is 0.286. The van der Waals surface area contributed by atoms with Crippen LogP contribution in [0, 0.1) is 24.0 Å². The molecule has 0 radical (unpaired) electrons. The minimum absolute atomic E-state index is 0.0181. The summed E-state index contributed by atoms with van der Waals surface area (Å²) in [5.74, 6) is -1.06. The van der Waals surface area contributed by atoms with Crippen molar-refractivity contribution in [1.82, 2.24) is 10.2 Å². The molecule has 41 heavy (non-hydrogen) atoms. The van der Waals surface area contributed by atoms with Gasteiger partial charge in [-0.3, -0.25) is 24.0 Å². The van der Waals surface area contributed by atoms with Gasteiger partial charge in [0.25, 0.3) is 15.7 Å². The summed E-state index contributed by atoms with van der Waals surface area (Å²) in [6.07, 6.45) is 0. The number of amides is 2. The number of sulfonamides is 1. The van der Waals surface area contributed by atoms with Gasteiger partial charge in [-0.2, -0.15) is 0 Å². The largest absolute Gasteiger partial charge is 0.495 e. The molecule has 13 heteroatoms. The van der Waals surface area contributed by atoms with Crippen LogP contribution in [0.3, 0.4) is 0 Å². The van der Waals surface area contributed by atoms with Gasteiger partial charge in [-0.15, -0.1) is 0 Å². The number of methoxy groups -OCH3 is 1. The van der Waals surface area contributed by atoms with Crippen molar-refractivity contribution in [2.24, 2.45) is 0 Å². The van der Waals surface area contributed by atoms with Crippen molar-refractivity contribution in [3.8, 4) is 5.75 Å². The predicted molar refractivity (Wildman–Crippen MR) is 156 cm³/mol. The Morgan fingerprint density at radius 2 is 1.73 bits per heavy atom. The van der Waals surface area contributed by atoms with Crippen LogP contribution >= 0.6 is 11.6 Å². The van der Waals surface area contributed by atoms with Gasteiger partial charge in [0.2, 0.25) is 11.8 Å². The van der Waals surface area contributed by atoms with Gasteiger partial charge >= 0.3 is 0 Å². The van der Waals surface area contributed by atoms with E-state index in [2.05, 4.69) is 5.32 Å². The number of nitro groups is 1. The van der Waals surface area contributed by atoms with Crippen LogP contribution in [-0.4, -0.2) is 56.8 Å². The van der Waals surface area contributed by atoms with Gasteiger partial charge in [-0.25, -0.2) is 8.42 Å². The van der Waals surface area contributed by atoms with Crippen molar-refractivity contribution in [2.45, 2.75) is 38.3 Å². The lowest BCUT2D eigenvalue weighted by atomic mass is 10.1. The lowest BCUT2D eigenvalue weighted by Gasteiger charge is -2.32. The summed E-state index contributed by atoms with van der Waals surface area (Å²) in [5, 5.41) is 14.3. The third kappa shape index (κ3) is 7.14. The highest BCUT2D eigenvalue weighted by Gasteiger charge is 2.34. The lowest BCUT2D eigenvalue weighted by molar-refractivity contribution is -0.385. The average molecular weight is 603 g/mol. The molecule has 2 amide bonds. The lowest BCUT2D eigenvalue weighted by Crippen LogP contribution is -2.50. The highest BCUT2D eigenvalue weighted by atomic mass is 35.5. The van der Waals surface area contributed by atoms with E-state index >= 15 is 0 Å². The van der Waals surface area contributed by atoms with Crippen LogP contribution in [0.1, 0.15) is 23.6 Å². The second-order valence-corrected chi connectivity index (χ2v) is 11.6. The third-order valence-corrected chi connectivity index (χ3v) is 8.53. The van der Waals surface area contributed by atoms with E-state index in [1.807, 2.05) is 31.2 Å². The number of nitro benzene ring substituents is 1. The fourth-order valence-electron chi connectivity index (χ4n) is 4.13. The molecule has 0 heterocycles. The monoisotopic (exact) mass is 602 g/mol. The molecule has 0 fully saturated rings. The van der Waals surface area contributed by atoms with Crippen molar-refractivity contribution in [3.05, 3.63) is 92.5 Å². The number of nitrogens with one attached hydrogen (secondary N) is 1. The summed E-state index contributed by atoms with van der Waals surface area (Å²) in [6.45, 7) is 4.20. The average Bonchev–Trinajstić information content (AvgIpc) is 2.94. The first-order valence-corrected chi connectivity index (χ1v) is 14.3. The zero-order chi connectivity index (χ0) is 30.5. The maximum Gasteiger partial charge on any atom is 0.273 e. The van der Waals surface area contributed by atoms with Crippen molar-refractivity contribution in [2.75, 3.05) is 25.0 Å². The van der Waals surface area contributed by atoms with Gasteiger partial charge in [-0.1, -0.05) is 47.5 Å². The second-order valence-electron chi connectivity index (χ2n) is 9.33. The number of hydrogen-bond acceptors (Lipinski definition) is 7. The quantitative estimate of drug-likeness (QED) is 0.256. The molecule has 1 N–H and O–H groups in total. The fourth-order valence-corrected chi connectivity index (χ4v) is 5.73. The molecular formula is C28H31ClN4O7S. The first kappa shape index (κ1) is 31.4. The van der Waals surface area contributed by atoms with Gasteiger partial charge < -0.3 is 15.0 Å². The number of rotatable bonds is 11. The van der Waals surface area contributed by atoms with Crippen LogP contribution in [0.15, 0.2) is 65.6 Å². The number of aryl methyl sites for hydroxylation is 2. The Bertz CT molecular complexity index is 1560. The summed E-state index contributed by atoms with van der Waals surface area (Å²) in [6, 6.07) is 14.1. The smallest absolute Gasteiger partial charge is 0.273 e. The molecule has 3 aromatic rings. The zero-order valence-corrected chi connectivity index (χ0v) is 24.8. The summed E-state index contributed by atoms with van der Waals surface area (Å²) >= 11 is 6.22. The second kappa shape index (κ2) is 13.0. The summed E-state index contributed by atoms with van der Waals surface area (Å²) in [5.41, 5.74) is 1.54. The van der Waals surface area contributed by atoms with Crippen molar-refractivity contribution in [3.63, 3.8) is 0 Å². The molecule has 0 saturated heterocycles. The number of hydrogen-bond donors (Lipinski definition) is 1. The molecule has 1 unspecified atom stereocenters. The Balaban J connectivity index is 2.16. The Morgan fingerprint density at radius 1 is 1.07 bits per heavy atom. The predicted octanol–water partition coefficient (Wildman–Crippen LogP) is 4.23.